The van der Waals surface area contributed by atoms with Crippen LogP contribution in [0.2, 0.25) is 0 Å². The molecule has 1 spiro atoms. The summed E-state index contributed by atoms with van der Waals surface area (Å²) < 4.78 is 11.9. The molecule has 1 aliphatic heterocycles. The molecule has 0 aromatic carbocycles. The van der Waals surface area contributed by atoms with Crippen molar-refractivity contribution >= 4 is 0 Å². The van der Waals surface area contributed by atoms with E-state index in [1.165, 1.54) is 11.8 Å². The van der Waals surface area contributed by atoms with E-state index in [2.05, 4.69) is 19.9 Å². The smallest absolute Gasteiger partial charge is 0.234 e. The maximum atomic E-state index is 12.1. The predicted octanol–water partition coefficient (Wildman–Crippen LogP) is 3.97. The first-order valence-corrected chi connectivity index (χ1v) is 10.8. The second-order valence-electron chi connectivity index (χ2n) is 10.1. The average Bonchev–Trinajstić information content (AvgIpc) is 3.22. The molecular weight excluding hydrogens is 358 g/mol. The van der Waals surface area contributed by atoms with E-state index in [-0.39, 0.29) is 21.7 Å². The fourth-order valence-corrected chi connectivity index (χ4v) is 7.48. The zero-order valence-corrected chi connectivity index (χ0v) is 16.9. The van der Waals surface area contributed by atoms with Crippen LogP contribution in [0.4, 0.5) is 0 Å². The summed E-state index contributed by atoms with van der Waals surface area (Å²) >= 11 is 0. The van der Waals surface area contributed by atoms with Crippen LogP contribution in [-0.2, 0) is 9.47 Å². The van der Waals surface area contributed by atoms with Crippen molar-refractivity contribution in [2.24, 2.45) is 22.7 Å². The van der Waals surface area contributed by atoms with E-state index >= 15 is 0 Å². The summed E-state index contributed by atoms with van der Waals surface area (Å²) in [4.78, 5) is 10.8. The average molecular weight is 389 g/mol. The Kier molecular flexibility index (Phi) is 3.95. The number of aliphatic hydroxyl groups is 1. The van der Waals surface area contributed by atoms with E-state index < -0.39 is 11.4 Å². The topological polar surface area (TPSA) is 81.8 Å². The normalized spacial score (nSPS) is 48.1. The Balaban J connectivity index is 1.50. The lowest BCUT2D eigenvalue weighted by Crippen LogP contribution is -2.63. The van der Waals surface area contributed by atoms with Gasteiger partial charge in [-0.3, -0.25) is 10.1 Å². The standard InChI is InChI=1S/C22H31NO5/c1-19-7-10-22(24)18(17(19)5-4-16(19)14-23(25)26)6-3-15-13-21(27-11-12-28-21)9-8-20(15,22)2/h3,14,17-18,24H,4-13H2,1-2H3/b16-14-/t17-,18-,19+,20-,22+/m0/s1. The van der Waals surface area contributed by atoms with Crippen LogP contribution in [0.25, 0.3) is 0 Å². The van der Waals surface area contributed by atoms with Crippen LogP contribution in [0.1, 0.15) is 65.2 Å². The fraction of sp³-hybridized carbons (Fsp3) is 0.818. The Bertz CT molecular complexity index is 769. The quantitative estimate of drug-likeness (QED) is 0.417. The molecule has 28 heavy (non-hydrogen) atoms. The van der Waals surface area contributed by atoms with Crippen molar-refractivity contribution in [3.63, 3.8) is 0 Å². The van der Waals surface area contributed by atoms with Crippen molar-refractivity contribution < 1.29 is 19.5 Å². The van der Waals surface area contributed by atoms with Crippen molar-refractivity contribution in [2.75, 3.05) is 13.2 Å². The highest BCUT2D eigenvalue weighted by Gasteiger charge is 2.66. The third-order valence-corrected chi connectivity index (χ3v) is 9.22. The molecule has 0 radical (unpaired) electrons. The van der Waals surface area contributed by atoms with Gasteiger partial charge in [-0.2, -0.15) is 0 Å². The lowest BCUT2D eigenvalue weighted by molar-refractivity contribution is -0.404. The van der Waals surface area contributed by atoms with Crippen LogP contribution >= 0.6 is 0 Å². The number of hydrogen-bond acceptors (Lipinski definition) is 5. The molecule has 0 aromatic rings. The van der Waals surface area contributed by atoms with Gasteiger partial charge in [0.05, 0.1) is 23.7 Å². The molecule has 4 aliphatic carbocycles. The maximum absolute atomic E-state index is 12.1. The van der Waals surface area contributed by atoms with Crippen LogP contribution < -0.4 is 0 Å². The molecule has 1 heterocycles. The largest absolute Gasteiger partial charge is 0.389 e. The molecule has 0 bridgehead atoms. The molecule has 6 heteroatoms. The molecule has 5 atom stereocenters. The molecule has 154 valence electrons. The van der Waals surface area contributed by atoms with Crippen LogP contribution in [0.15, 0.2) is 23.4 Å². The van der Waals surface area contributed by atoms with Gasteiger partial charge in [0.2, 0.25) is 6.20 Å². The molecule has 5 rings (SSSR count). The number of hydrogen-bond donors (Lipinski definition) is 1. The molecular formula is C22H31NO5. The van der Waals surface area contributed by atoms with Gasteiger partial charge >= 0.3 is 0 Å². The highest BCUT2D eigenvalue weighted by atomic mass is 16.7. The van der Waals surface area contributed by atoms with Gasteiger partial charge in [0.25, 0.3) is 0 Å². The molecule has 0 amide bonds. The van der Waals surface area contributed by atoms with E-state index in [4.69, 9.17) is 9.47 Å². The van der Waals surface area contributed by atoms with E-state index in [0.717, 1.165) is 50.5 Å². The van der Waals surface area contributed by atoms with Crippen molar-refractivity contribution in [2.45, 2.75) is 76.6 Å². The SMILES string of the molecule is C[C@]12CCC3(CC1=CC[C@H]1[C@@H]4CC/C(=C/[N+](=O)[O-])[C@@]4(C)CC[C@@]12O)OCCO3. The minimum Gasteiger partial charge on any atom is -0.389 e. The summed E-state index contributed by atoms with van der Waals surface area (Å²) in [6.45, 7) is 5.74. The van der Waals surface area contributed by atoms with Gasteiger partial charge in [-0.25, -0.2) is 0 Å². The van der Waals surface area contributed by atoms with Crippen molar-refractivity contribution in [3.8, 4) is 0 Å². The number of rotatable bonds is 1. The van der Waals surface area contributed by atoms with Crippen LogP contribution in [-0.4, -0.2) is 34.6 Å². The minimum atomic E-state index is -0.745. The Labute approximate surface area is 166 Å². The molecule has 1 saturated heterocycles. The summed E-state index contributed by atoms with van der Waals surface area (Å²) in [5.41, 5.74) is 1.11. The molecule has 1 N–H and O–H groups in total. The highest BCUT2D eigenvalue weighted by molar-refractivity contribution is 5.34. The first-order valence-electron chi connectivity index (χ1n) is 10.8. The molecule has 3 saturated carbocycles. The Morgan fingerprint density at radius 3 is 2.64 bits per heavy atom. The predicted molar refractivity (Wildman–Crippen MR) is 103 cm³/mol. The minimum absolute atomic E-state index is 0.154. The zero-order valence-electron chi connectivity index (χ0n) is 16.9. The Morgan fingerprint density at radius 1 is 1.18 bits per heavy atom. The fourth-order valence-electron chi connectivity index (χ4n) is 7.48. The lowest BCUT2D eigenvalue weighted by Gasteiger charge is -2.62. The van der Waals surface area contributed by atoms with Gasteiger partial charge in [0.1, 0.15) is 0 Å². The van der Waals surface area contributed by atoms with E-state index in [9.17, 15) is 15.2 Å². The monoisotopic (exact) mass is 389 g/mol. The van der Waals surface area contributed by atoms with Crippen molar-refractivity contribution in [1.82, 2.24) is 0 Å². The number of ether oxygens (including phenoxy) is 2. The van der Waals surface area contributed by atoms with Crippen LogP contribution in [0.5, 0.6) is 0 Å². The molecule has 0 unspecified atom stereocenters. The molecule has 5 aliphatic rings. The third-order valence-electron chi connectivity index (χ3n) is 9.22. The summed E-state index contributed by atoms with van der Waals surface area (Å²) in [5.74, 6) is -0.00811. The maximum Gasteiger partial charge on any atom is 0.234 e. The first-order chi connectivity index (χ1) is 13.2. The number of fused-ring (bicyclic) bond motifs is 5. The molecule has 4 fully saturated rings. The van der Waals surface area contributed by atoms with Crippen LogP contribution in [0, 0.1) is 32.8 Å². The van der Waals surface area contributed by atoms with Gasteiger partial charge in [-0.15, -0.1) is 0 Å². The Morgan fingerprint density at radius 2 is 1.93 bits per heavy atom. The number of allylic oxidation sites excluding steroid dienone is 2. The van der Waals surface area contributed by atoms with E-state index in [1.54, 1.807) is 0 Å². The lowest BCUT2D eigenvalue weighted by atomic mass is 9.45. The van der Waals surface area contributed by atoms with E-state index in [1.807, 2.05) is 0 Å². The Hall–Kier alpha value is -1.24. The van der Waals surface area contributed by atoms with Gasteiger partial charge in [0.15, 0.2) is 5.79 Å². The first kappa shape index (κ1) is 18.8. The van der Waals surface area contributed by atoms with Gasteiger partial charge in [-0.1, -0.05) is 25.5 Å². The zero-order chi connectivity index (χ0) is 19.8. The van der Waals surface area contributed by atoms with Crippen molar-refractivity contribution in [1.29, 1.82) is 0 Å². The highest BCUT2D eigenvalue weighted by Crippen LogP contribution is 2.68. The second kappa shape index (κ2) is 5.89. The van der Waals surface area contributed by atoms with Crippen molar-refractivity contribution in [3.05, 3.63) is 33.5 Å². The van der Waals surface area contributed by atoms with Gasteiger partial charge in [-0.05, 0) is 55.8 Å². The van der Waals surface area contributed by atoms with E-state index in [0.29, 0.717) is 25.6 Å². The second-order valence-corrected chi connectivity index (χ2v) is 10.1. The number of nitro groups is 1. The molecule has 0 aromatic heterocycles. The third kappa shape index (κ3) is 2.31. The summed E-state index contributed by atoms with van der Waals surface area (Å²) in [5, 5.41) is 23.3. The summed E-state index contributed by atoms with van der Waals surface area (Å²) in [7, 11) is 0. The van der Waals surface area contributed by atoms with Crippen LogP contribution in [0.3, 0.4) is 0 Å². The number of nitrogens with zero attached hydrogens (tertiary/aromatic N) is 1. The summed E-state index contributed by atoms with van der Waals surface area (Å²) in [6.07, 6.45) is 10.1. The summed E-state index contributed by atoms with van der Waals surface area (Å²) in [6, 6.07) is 0. The van der Waals surface area contributed by atoms with Gasteiger partial charge in [0, 0.05) is 23.8 Å². The van der Waals surface area contributed by atoms with Gasteiger partial charge < -0.3 is 14.6 Å². The molecule has 6 nitrogen and oxygen atoms in total.